The number of hydrogen-bond donors (Lipinski definition) is 1. The van der Waals surface area contributed by atoms with Gasteiger partial charge in [0, 0.05) is 31.1 Å². The summed E-state index contributed by atoms with van der Waals surface area (Å²) in [5, 5.41) is 7.50. The molecule has 1 amide bonds. The van der Waals surface area contributed by atoms with Crippen molar-refractivity contribution in [2.24, 2.45) is 5.92 Å². The van der Waals surface area contributed by atoms with Crippen molar-refractivity contribution in [2.45, 2.75) is 65.0 Å². The van der Waals surface area contributed by atoms with Gasteiger partial charge in [0.25, 0.3) is 0 Å². The number of halogens is 1. The van der Waals surface area contributed by atoms with Gasteiger partial charge in [0.2, 0.25) is 5.91 Å². The number of pyridine rings is 2. The van der Waals surface area contributed by atoms with Crippen LogP contribution in [0, 0.1) is 18.7 Å². The molecule has 34 heavy (non-hydrogen) atoms. The Labute approximate surface area is 199 Å². The fourth-order valence-electron chi connectivity index (χ4n) is 4.87. The van der Waals surface area contributed by atoms with Crippen molar-refractivity contribution in [1.29, 1.82) is 0 Å². The highest BCUT2D eigenvalue weighted by molar-refractivity contribution is 6.04. The maximum Gasteiger partial charge on any atom is 0.247 e. The summed E-state index contributed by atoms with van der Waals surface area (Å²) in [6, 6.07) is 3.47. The smallest absolute Gasteiger partial charge is 0.247 e. The van der Waals surface area contributed by atoms with E-state index in [4.69, 9.17) is 4.98 Å². The Balaban J connectivity index is 1.26. The van der Waals surface area contributed by atoms with Crippen LogP contribution in [-0.2, 0) is 24.2 Å². The molecular formula is C26H31FN6O. The predicted octanol–water partition coefficient (Wildman–Crippen LogP) is 4.24. The van der Waals surface area contributed by atoms with Crippen molar-refractivity contribution in [3.63, 3.8) is 0 Å². The number of anilines is 2. The van der Waals surface area contributed by atoms with Crippen molar-refractivity contribution < 1.29 is 9.18 Å². The molecular weight excluding hydrogens is 431 g/mol. The lowest BCUT2D eigenvalue weighted by atomic mass is 9.97. The maximum absolute atomic E-state index is 14.3. The number of nitrogens with one attached hydrogen (secondary N) is 1. The third-order valence-corrected chi connectivity index (χ3v) is 6.77. The average Bonchev–Trinajstić information content (AvgIpc) is 3.52. The van der Waals surface area contributed by atoms with Crippen LogP contribution >= 0.6 is 0 Å². The number of aromatic nitrogens is 4. The Bertz CT molecular complexity index is 1230. The molecule has 0 aromatic carbocycles. The number of fused-ring (bicyclic) bond motifs is 1. The number of hydrogen-bond acceptors (Lipinski definition) is 5. The first-order valence-corrected chi connectivity index (χ1v) is 12.0. The van der Waals surface area contributed by atoms with Crippen molar-refractivity contribution in [3.8, 4) is 0 Å². The van der Waals surface area contributed by atoms with Crippen LogP contribution in [-0.4, -0.2) is 38.7 Å². The van der Waals surface area contributed by atoms with E-state index < -0.39 is 0 Å². The molecule has 0 spiro atoms. The molecule has 0 unspecified atom stereocenters. The van der Waals surface area contributed by atoms with E-state index >= 15 is 0 Å². The van der Waals surface area contributed by atoms with Gasteiger partial charge >= 0.3 is 0 Å². The second kappa shape index (κ2) is 8.81. The molecule has 3 aromatic heterocycles. The molecule has 8 heteroatoms. The van der Waals surface area contributed by atoms with Crippen LogP contribution in [0.15, 0.2) is 30.7 Å². The molecule has 1 fully saturated rings. The first kappa shape index (κ1) is 22.5. The second-order valence-electron chi connectivity index (χ2n) is 9.91. The van der Waals surface area contributed by atoms with Crippen molar-refractivity contribution in [1.82, 2.24) is 19.7 Å². The van der Waals surface area contributed by atoms with Crippen LogP contribution in [0.25, 0.3) is 0 Å². The summed E-state index contributed by atoms with van der Waals surface area (Å²) in [5.41, 5.74) is 6.14. The first-order chi connectivity index (χ1) is 16.3. The van der Waals surface area contributed by atoms with E-state index in [2.05, 4.69) is 40.2 Å². The first-order valence-electron chi connectivity index (χ1n) is 12.0. The van der Waals surface area contributed by atoms with Crippen LogP contribution in [0.4, 0.5) is 15.8 Å². The molecule has 5 rings (SSSR count). The van der Waals surface area contributed by atoms with Crippen molar-refractivity contribution in [2.75, 3.05) is 17.3 Å². The zero-order valence-corrected chi connectivity index (χ0v) is 20.2. The molecule has 4 heterocycles. The Morgan fingerprint density at radius 3 is 2.68 bits per heavy atom. The van der Waals surface area contributed by atoms with Gasteiger partial charge in [0.15, 0.2) is 0 Å². The molecule has 1 atom stereocenters. The molecule has 3 aromatic rings. The third-order valence-electron chi connectivity index (χ3n) is 6.77. The fourth-order valence-corrected chi connectivity index (χ4v) is 4.87. The molecule has 0 radical (unpaired) electrons. The molecule has 0 bridgehead atoms. The summed E-state index contributed by atoms with van der Waals surface area (Å²) >= 11 is 0. The second-order valence-corrected chi connectivity index (χ2v) is 9.91. The summed E-state index contributed by atoms with van der Waals surface area (Å²) in [4.78, 5) is 23.7. The molecule has 178 valence electrons. The summed E-state index contributed by atoms with van der Waals surface area (Å²) in [6.07, 6.45) is 9.25. The molecule has 1 saturated carbocycles. The number of rotatable bonds is 7. The number of likely N-dealkylation sites (N-methyl/N-ethyl adjacent to an activating group) is 1. The van der Waals surface area contributed by atoms with Crippen LogP contribution in [0.5, 0.6) is 0 Å². The topological polar surface area (TPSA) is 75.9 Å². The molecule has 1 N–H and O–H groups in total. The normalized spacial score (nSPS) is 17.8. The Morgan fingerprint density at radius 2 is 1.97 bits per heavy atom. The number of carbonyl (C=O) groups is 1. The van der Waals surface area contributed by atoms with Gasteiger partial charge in [-0.2, -0.15) is 5.10 Å². The lowest BCUT2D eigenvalue weighted by Gasteiger charge is -2.38. The minimum Gasteiger partial charge on any atom is -0.361 e. The summed E-state index contributed by atoms with van der Waals surface area (Å²) in [5.74, 6) is 0.322. The van der Waals surface area contributed by atoms with Crippen LogP contribution < -0.4 is 10.2 Å². The summed E-state index contributed by atoms with van der Waals surface area (Å²) in [6.45, 7) is 6.55. The number of carbonyl (C=O) groups excluding carboxylic acids is 1. The van der Waals surface area contributed by atoms with Gasteiger partial charge in [-0.1, -0.05) is 13.8 Å². The van der Waals surface area contributed by atoms with Crippen molar-refractivity contribution >= 4 is 17.3 Å². The molecule has 1 aliphatic carbocycles. The molecule has 7 nitrogen and oxygen atoms in total. The average molecular weight is 463 g/mol. The van der Waals surface area contributed by atoms with Gasteiger partial charge in [0.1, 0.15) is 11.9 Å². The van der Waals surface area contributed by atoms with Gasteiger partial charge in [0.05, 0.1) is 35.5 Å². The van der Waals surface area contributed by atoms with Gasteiger partial charge in [-0.05, 0) is 61.8 Å². The van der Waals surface area contributed by atoms with Gasteiger partial charge in [-0.15, -0.1) is 0 Å². The third kappa shape index (κ3) is 4.41. The zero-order chi connectivity index (χ0) is 24.0. The van der Waals surface area contributed by atoms with Gasteiger partial charge in [-0.3, -0.25) is 19.4 Å². The minimum atomic E-state index is -0.206. The van der Waals surface area contributed by atoms with Crippen LogP contribution in [0.3, 0.4) is 0 Å². The molecule has 0 saturated heterocycles. The number of nitrogens with zero attached hydrogens (tertiary/aromatic N) is 5. The maximum atomic E-state index is 14.3. The van der Waals surface area contributed by atoms with Crippen molar-refractivity contribution in [3.05, 3.63) is 64.7 Å². The quantitative estimate of drug-likeness (QED) is 0.568. The lowest BCUT2D eigenvalue weighted by Crippen LogP contribution is -2.49. The highest BCUT2D eigenvalue weighted by Gasteiger charge is 2.34. The molecule has 1 aliphatic heterocycles. The van der Waals surface area contributed by atoms with E-state index in [0.717, 1.165) is 59.6 Å². The Kier molecular flexibility index (Phi) is 5.83. The van der Waals surface area contributed by atoms with Gasteiger partial charge < -0.3 is 10.2 Å². The van der Waals surface area contributed by atoms with E-state index in [-0.39, 0.29) is 23.7 Å². The highest BCUT2D eigenvalue weighted by atomic mass is 19.1. The van der Waals surface area contributed by atoms with E-state index in [9.17, 15) is 9.18 Å². The van der Waals surface area contributed by atoms with E-state index in [1.54, 1.807) is 12.3 Å². The van der Waals surface area contributed by atoms with Crippen LogP contribution in [0.1, 0.15) is 60.8 Å². The van der Waals surface area contributed by atoms with E-state index in [0.29, 0.717) is 18.2 Å². The zero-order valence-electron chi connectivity index (χ0n) is 20.2. The van der Waals surface area contributed by atoms with E-state index in [1.165, 1.54) is 0 Å². The van der Waals surface area contributed by atoms with Gasteiger partial charge in [-0.25, -0.2) is 4.39 Å². The largest absolute Gasteiger partial charge is 0.361 e. The summed E-state index contributed by atoms with van der Waals surface area (Å²) in [7, 11) is 1.98. The predicted molar refractivity (Wildman–Crippen MR) is 130 cm³/mol. The van der Waals surface area contributed by atoms with Crippen LogP contribution in [0.2, 0.25) is 0 Å². The summed E-state index contributed by atoms with van der Waals surface area (Å²) < 4.78 is 16.1. The Hall–Kier alpha value is -3.29. The number of amides is 1. The molecule has 2 aliphatic rings. The lowest BCUT2D eigenvalue weighted by molar-refractivity contribution is -0.118. The fraction of sp³-hybridized carbons (Fsp3) is 0.462. The van der Waals surface area contributed by atoms with E-state index in [1.807, 2.05) is 31.0 Å². The SMILES string of the molecule is Cc1nc(CCc2cnn(Cc3cnc(C4CC4)c(F)c3)c2)cc2c1NC(=O)[C@H](C(C)C)N2C. The standard InChI is InChI=1S/C26H31FN6O/c1-15(2)25-26(34)31-23-16(3)30-20(10-22(23)32(25)4)8-5-17-12-29-33(13-17)14-18-9-21(27)24(28-11-18)19-6-7-19/h9-13,15,19,25H,5-8,14H2,1-4H3,(H,31,34)/t25-/m0/s1. The monoisotopic (exact) mass is 462 g/mol. The Morgan fingerprint density at radius 1 is 1.18 bits per heavy atom. The highest BCUT2D eigenvalue weighted by Crippen LogP contribution is 2.40. The number of aryl methyl sites for hydroxylation is 3. The minimum absolute atomic E-state index is 0.0207.